The lowest BCUT2D eigenvalue weighted by Gasteiger charge is -2.29. The summed E-state index contributed by atoms with van der Waals surface area (Å²) in [5.74, 6) is 0.994. The largest absolute Gasteiger partial charge is 0.345 e. The lowest BCUT2D eigenvalue weighted by atomic mass is 9.93. The minimum absolute atomic E-state index is 0.0894. The second-order valence-electron chi connectivity index (χ2n) is 5.55. The number of rotatable bonds is 7. The van der Waals surface area contributed by atoms with Gasteiger partial charge in [0.1, 0.15) is 0 Å². The molecule has 0 aliphatic carbocycles. The van der Waals surface area contributed by atoms with E-state index in [1.165, 1.54) is 0 Å². The molecule has 2 N–H and O–H groups in total. The monoisotopic (exact) mass is 250 g/mol. The summed E-state index contributed by atoms with van der Waals surface area (Å²) < 4.78 is 2.14. The van der Waals surface area contributed by atoms with Crippen molar-refractivity contribution >= 4 is 5.95 Å². The van der Waals surface area contributed by atoms with E-state index in [-0.39, 0.29) is 5.41 Å². The maximum absolute atomic E-state index is 5.79. The molecular weight excluding hydrogens is 224 g/mol. The number of aryl methyl sites for hydroxylation is 1. The van der Waals surface area contributed by atoms with Gasteiger partial charge >= 0.3 is 0 Å². The van der Waals surface area contributed by atoms with Crippen molar-refractivity contribution in [3.05, 3.63) is 24.5 Å². The topological polar surface area (TPSA) is 47.1 Å². The highest BCUT2D eigenvalue weighted by molar-refractivity contribution is 5.33. The summed E-state index contributed by atoms with van der Waals surface area (Å²) in [6, 6.07) is 0. The molecule has 4 heteroatoms. The Morgan fingerprint density at radius 2 is 2.22 bits per heavy atom. The molecule has 1 aromatic rings. The average Bonchev–Trinajstić information content (AvgIpc) is 2.72. The molecule has 4 nitrogen and oxygen atoms in total. The van der Waals surface area contributed by atoms with Crippen LogP contribution in [-0.4, -0.2) is 29.7 Å². The first-order valence-corrected chi connectivity index (χ1v) is 6.51. The van der Waals surface area contributed by atoms with E-state index in [0.717, 1.165) is 31.2 Å². The second-order valence-corrected chi connectivity index (χ2v) is 5.55. The van der Waals surface area contributed by atoms with Crippen LogP contribution in [0, 0.1) is 5.41 Å². The van der Waals surface area contributed by atoms with Crippen LogP contribution in [0.25, 0.3) is 0 Å². The van der Waals surface area contributed by atoms with Gasteiger partial charge in [-0.05, 0) is 18.4 Å². The molecule has 0 saturated carbocycles. The third-order valence-corrected chi connectivity index (χ3v) is 3.05. The minimum atomic E-state index is 0.0894. The van der Waals surface area contributed by atoms with Gasteiger partial charge in [-0.3, -0.25) is 0 Å². The van der Waals surface area contributed by atoms with E-state index >= 15 is 0 Å². The zero-order valence-electron chi connectivity index (χ0n) is 12.1. The average molecular weight is 250 g/mol. The highest BCUT2D eigenvalue weighted by Crippen LogP contribution is 2.20. The lowest BCUT2D eigenvalue weighted by molar-refractivity contribution is 0.382. The Morgan fingerprint density at radius 3 is 2.72 bits per heavy atom. The number of aromatic nitrogens is 2. The molecule has 0 bridgehead atoms. The maximum Gasteiger partial charge on any atom is 0.205 e. The number of allylic oxidation sites excluding steroid dienone is 1. The number of anilines is 1. The van der Waals surface area contributed by atoms with Crippen molar-refractivity contribution in [1.29, 1.82) is 0 Å². The molecule has 0 aliphatic rings. The Balaban J connectivity index is 2.92. The molecule has 1 rings (SSSR count). The summed E-state index contributed by atoms with van der Waals surface area (Å²) in [6.07, 6.45) is 4.95. The van der Waals surface area contributed by atoms with E-state index < -0.39 is 0 Å². The quantitative estimate of drug-likeness (QED) is 0.753. The molecule has 0 aliphatic heterocycles. The molecule has 102 valence electrons. The van der Waals surface area contributed by atoms with Crippen LogP contribution in [0.3, 0.4) is 0 Å². The van der Waals surface area contributed by atoms with Crippen molar-refractivity contribution in [2.45, 2.75) is 33.7 Å². The summed E-state index contributed by atoms with van der Waals surface area (Å²) in [6.45, 7) is 12.6. The third-order valence-electron chi connectivity index (χ3n) is 3.05. The van der Waals surface area contributed by atoms with Crippen LogP contribution >= 0.6 is 0 Å². The normalized spacial score (nSPS) is 11.6. The van der Waals surface area contributed by atoms with Gasteiger partial charge in [0.05, 0.1) is 5.69 Å². The lowest BCUT2D eigenvalue weighted by Crippen LogP contribution is -2.37. The SMILES string of the molecule is C=CCn1cc(CC)nc1N(C)CC(C)(C)CN. The molecule has 0 radical (unpaired) electrons. The fourth-order valence-electron chi connectivity index (χ4n) is 1.98. The first kappa shape index (κ1) is 14.8. The Bertz CT molecular complexity index is 392. The zero-order chi connectivity index (χ0) is 13.8. The molecular formula is C14H26N4. The predicted octanol–water partition coefficient (Wildman–Crippen LogP) is 2.05. The van der Waals surface area contributed by atoms with Gasteiger partial charge in [-0.1, -0.05) is 26.8 Å². The molecule has 18 heavy (non-hydrogen) atoms. The van der Waals surface area contributed by atoms with Crippen LogP contribution < -0.4 is 10.6 Å². The van der Waals surface area contributed by atoms with Gasteiger partial charge in [0.25, 0.3) is 0 Å². The Morgan fingerprint density at radius 1 is 1.56 bits per heavy atom. The van der Waals surface area contributed by atoms with Crippen molar-refractivity contribution in [2.75, 3.05) is 25.0 Å². The van der Waals surface area contributed by atoms with Gasteiger partial charge in [-0.2, -0.15) is 0 Å². The standard InChI is InChI=1S/C14H26N4/c1-6-8-18-9-12(7-2)16-13(18)17(5)11-14(3,4)10-15/h6,9H,1,7-8,10-11,15H2,2-5H3. The second kappa shape index (κ2) is 6.05. The van der Waals surface area contributed by atoms with E-state index in [1.54, 1.807) is 0 Å². The zero-order valence-corrected chi connectivity index (χ0v) is 12.1. The molecule has 0 unspecified atom stereocenters. The summed E-state index contributed by atoms with van der Waals surface area (Å²) >= 11 is 0. The number of imidazole rings is 1. The van der Waals surface area contributed by atoms with E-state index in [9.17, 15) is 0 Å². The van der Waals surface area contributed by atoms with Gasteiger partial charge in [0.15, 0.2) is 0 Å². The van der Waals surface area contributed by atoms with Gasteiger partial charge < -0.3 is 15.2 Å². The van der Waals surface area contributed by atoms with Crippen LogP contribution in [0.15, 0.2) is 18.9 Å². The molecule has 0 saturated heterocycles. The number of nitrogens with two attached hydrogens (primary N) is 1. The molecule has 1 aromatic heterocycles. The fraction of sp³-hybridized carbons (Fsp3) is 0.643. The summed E-state index contributed by atoms with van der Waals surface area (Å²) in [5.41, 5.74) is 7.00. The van der Waals surface area contributed by atoms with Crippen molar-refractivity contribution in [3.63, 3.8) is 0 Å². The van der Waals surface area contributed by atoms with Crippen molar-refractivity contribution < 1.29 is 0 Å². The fourth-order valence-corrected chi connectivity index (χ4v) is 1.98. The number of hydrogen-bond donors (Lipinski definition) is 1. The van der Waals surface area contributed by atoms with Crippen LogP contribution in [-0.2, 0) is 13.0 Å². The highest BCUT2D eigenvalue weighted by atomic mass is 15.3. The molecule has 0 spiro atoms. The van der Waals surface area contributed by atoms with Gasteiger partial charge in [-0.25, -0.2) is 4.98 Å². The van der Waals surface area contributed by atoms with Crippen molar-refractivity contribution in [1.82, 2.24) is 9.55 Å². The Hall–Kier alpha value is -1.29. The number of nitrogens with zero attached hydrogens (tertiary/aromatic N) is 3. The first-order chi connectivity index (χ1) is 8.43. The summed E-state index contributed by atoms with van der Waals surface area (Å²) in [7, 11) is 2.07. The first-order valence-electron chi connectivity index (χ1n) is 6.51. The van der Waals surface area contributed by atoms with Crippen LogP contribution in [0.1, 0.15) is 26.5 Å². The highest BCUT2D eigenvalue weighted by Gasteiger charge is 2.21. The third kappa shape index (κ3) is 3.60. The van der Waals surface area contributed by atoms with Crippen molar-refractivity contribution in [3.8, 4) is 0 Å². The van der Waals surface area contributed by atoms with Crippen LogP contribution in [0.2, 0.25) is 0 Å². The van der Waals surface area contributed by atoms with E-state index in [0.29, 0.717) is 6.54 Å². The van der Waals surface area contributed by atoms with Gasteiger partial charge in [-0.15, -0.1) is 6.58 Å². The molecule has 0 amide bonds. The van der Waals surface area contributed by atoms with E-state index in [4.69, 9.17) is 5.73 Å². The van der Waals surface area contributed by atoms with Crippen LogP contribution in [0.4, 0.5) is 5.95 Å². The predicted molar refractivity (Wildman–Crippen MR) is 77.9 cm³/mol. The molecule has 0 fully saturated rings. The Kier molecular flexibility index (Phi) is 4.96. The maximum atomic E-state index is 5.79. The van der Waals surface area contributed by atoms with E-state index in [1.807, 2.05) is 6.08 Å². The minimum Gasteiger partial charge on any atom is -0.345 e. The van der Waals surface area contributed by atoms with Gasteiger partial charge in [0.2, 0.25) is 5.95 Å². The van der Waals surface area contributed by atoms with E-state index in [2.05, 4.69) is 55.0 Å². The smallest absolute Gasteiger partial charge is 0.205 e. The summed E-state index contributed by atoms with van der Waals surface area (Å²) in [4.78, 5) is 6.84. The van der Waals surface area contributed by atoms with Gasteiger partial charge in [0, 0.05) is 26.3 Å². The van der Waals surface area contributed by atoms with Crippen molar-refractivity contribution in [2.24, 2.45) is 11.1 Å². The number of hydrogen-bond acceptors (Lipinski definition) is 3. The molecule has 0 atom stereocenters. The summed E-state index contributed by atoms with van der Waals surface area (Å²) in [5, 5.41) is 0. The molecule has 1 heterocycles. The van der Waals surface area contributed by atoms with Crippen LogP contribution in [0.5, 0.6) is 0 Å². The Labute approximate surface area is 110 Å². The molecule has 0 aromatic carbocycles.